The second-order valence-corrected chi connectivity index (χ2v) is 4.65. The van der Waals surface area contributed by atoms with Crippen LogP contribution in [-0.4, -0.2) is 47.8 Å². The van der Waals surface area contributed by atoms with Crippen molar-refractivity contribution in [2.75, 3.05) is 25.1 Å². The van der Waals surface area contributed by atoms with Crippen molar-refractivity contribution in [2.24, 2.45) is 0 Å². The third-order valence-electron chi connectivity index (χ3n) is 3.32. The smallest absolute Gasteiger partial charge is 0.335 e. The van der Waals surface area contributed by atoms with Gasteiger partial charge in [0.25, 0.3) is 0 Å². The Kier molecular flexibility index (Phi) is 4.57. The molecule has 0 radical (unpaired) electrons. The number of carbonyl (C=O) groups excluding carboxylic acids is 1. The minimum absolute atomic E-state index is 0.0615. The highest BCUT2D eigenvalue weighted by molar-refractivity contribution is 5.93. The number of nitrogens with zero attached hydrogens (tertiary/aromatic N) is 1. The molecule has 0 spiro atoms. The first-order chi connectivity index (χ1) is 9.61. The van der Waals surface area contributed by atoms with E-state index in [4.69, 9.17) is 9.84 Å². The first-order valence-electron chi connectivity index (χ1n) is 6.60. The number of anilines is 1. The van der Waals surface area contributed by atoms with Crippen molar-refractivity contribution in [3.8, 4) is 0 Å². The molecule has 2 amide bonds. The summed E-state index contributed by atoms with van der Waals surface area (Å²) in [5, 5.41) is 11.7. The molecular weight excluding hydrogens is 260 g/mol. The van der Waals surface area contributed by atoms with E-state index in [0.29, 0.717) is 25.4 Å². The number of urea groups is 1. The van der Waals surface area contributed by atoms with E-state index < -0.39 is 5.97 Å². The van der Waals surface area contributed by atoms with E-state index in [1.807, 2.05) is 6.92 Å². The van der Waals surface area contributed by atoms with E-state index in [0.717, 1.165) is 6.42 Å². The predicted octanol–water partition coefficient (Wildman–Crippen LogP) is 2.03. The molecule has 2 rings (SSSR count). The lowest BCUT2D eigenvalue weighted by atomic mass is 10.2. The van der Waals surface area contributed by atoms with Gasteiger partial charge in [0.1, 0.15) is 0 Å². The Morgan fingerprint density at radius 3 is 3.00 bits per heavy atom. The van der Waals surface area contributed by atoms with Crippen LogP contribution in [0, 0.1) is 0 Å². The van der Waals surface area contributed by atoms with E-state index in [2.05, 4.69) is 5.32 Å². The maximum Gasteiger partial charge on any atom is 0.335 e. The third-order valence-corrected chi connectivity index (χ3v) is 3.32. The van der Waals surface area contributed by atoms with Crippen molar-refractivity contribution in [3.05, 3.63) is 29.8 Å². The number of hydrogen-bond donors (Lipinski definition) is 2. The number of benzene rings is 1. The molecule has 0 saturated carbocycles. The largest absolute Gasteiger partial charge is 0.478 e. The molecule has 1 aliphatic heterocycles. The van der Waals surface area contributed by atoms with Crippen LogP contribution >= 0.6 is 0 Å². The zero-order valence-electron chi connectivity index (χ0n) is 11.3. The summed E-state index contributed by atoms with van der Waals surface area (Å²) in [4.78, 5) is 24.9. The van der Waals surface area contributed by atoms with E-state index in [1.165, 1.54) is 12.1 Å². The molecule has 1 atom stereocenters. The summed E-state index contributed by atoms with van der Waals surface area (Å²) in [5.41, 5.74) is 0.632. The quantitative estimate of drug-likeness (QED) is 0.886. The zero-order chi connectivity index (χ0) is 14.5. The Morgan fingerprint density at radius 2 is 2.30 bits per heavy atom. The minimum Gasteiger partial charge on any atom is -0.478 e. The highest BCUT2D eigenvalue weighted by atomic mass is 16.5. The summed E-state index contributed by atoms with van der Waals surface area (Å²) in [6.07, 6.45) is 0.822. The molecule has 6 heteroatoms. The molecule has 0 aromatic heterocycles. The van der Waals surface area contributed by atoms with Crippen molar-refractivity contribution in [2.45, 2.75) is 19.4 Å². The molecule has 1 unspecified atom stereocenters. The second-order valence-electron chi connectivity index (χ2n) is 4.65. The number of aromatic carboxylic acids is 1. The van der Waals surface area contributed by atoms with Crippen molar-refractivity contribution in [1.29, 1.82) is 0 Å². The van der Waals surface area contributed by atoms with Gasteiger partial charge in [0.2, 0.25) is 0 Å². The van der Waals surface area contributed by atoms with Crippen molar-refractivity contribution in [3.63, 3.8) is 0 Å². The Bertz CT molecular complexity index is 504. The van der Waals surface area contributed by atoms with E-state index >= 15 is 0 Å². The lowest BCUT2D eigenvalue weighted by Crippen LogP contribution is -2.50. The van der Waals surface area contributed by atoms with Gasteiger partial charge in [0.05, 0.1) is 24.8 Å². The van der Waals surface area contributed by atoms with Gasteiger partial charge in [-0.2, -0.15) is 0 Å². The first kappa shape index (κ1) is 14.3. The van der Waals surface area contributed by atoms with Crippen molar-refractivity contribution >= 4 is 17.7 Å². The summed E-state index contributed by atoms with van der Waals surface area (Å²) < 4.78 is 5.35. The van der Waals surface area contributed by atoms with Gasteiger partial charge in [-0.3, -0.25) is 0 Å². The van der Waals surface area contributed by atoms with Crippen LogP contribution in [-0.2, 0) is 4.74 Å². The van der Waals surface area contributed by atoms with Gasteiger partial charge >= 0.3 is 12.0 Å². The van der Waals surface area contributed by atoms with Gasteiger partial charge in [0, 0.05) is 12.2 Å². The first-order valence-corrected chi connectivity index (χ1v) is 6.60. The fourth-order valence-electron chi connectivity index (χ4n) is 2.19. The number of rotatable bonds is 3. The second kappa shape index (κ2) is 6.38. The Labute approximate surface area is 117 Å². The molecule has 0 bridgehead atoms. The van der Waals surface area contributed by atoms with Crippen LogP contribution in [0.3, 0.4) is 0 Å². The number of morpholine rings is 1. The lowest BCUT2D eigenvalue weighted by Gasteiger charge is -2.35. The molecule has 1 aliphatic rings. The average molecular weight is 278 g/mol. The third kappa shape index (κ3) is 3.27. The maximum absolute atomic E-state index is 12.2. The van der Waals surface area contributed by atoms with Gasteiger partial charge < -0.3 is 20.1 Å². The lowest BCUT2D eigenvalue weighted by molar-refractivity contribution is 0.0144. The van der Waals surface area contributed by atoms with Gasteiger partial charge in [0.15, 0.2) is 0 Å². The summed E-state index contributed by atoms with van der Waals surface area (Å²) in [5.74, 6) is -1.01. The topological polar surface area (TPSA) is 78.9 Å². The van der Waals surface area contributed by atoms with Crippen molar-refractivity contribution < 1.29 is 19.4 Å². The molecule has 1 aromatic carbocycles. The monoisotopic (exact) mass is 278 g/mol. The predicted molar refractivity (Wildman–Crippen MR) is 74.0 cm³/mol. The molecule has 20 heavy (non-hydrogen) atoms. The molecule has 1 heterocycles. The number of ether oxygens (including phenoxy) is 1. The summed E-state index contributed by atoms with van der Waals surface area (Å²) >= 11 is 0. The number of carbonyl (C=O) groups is 2. The average Bonchev–Trinajstić information content (AvgIpc) is 2.47. The van der Waals surface area contributed by atoms with E-state index in [1.54, 1.807) is 17.0 Å². The maximum atomic E-state index is 12.2. The zero-order valence-corrected chi connectivity index (χ0v) is 11.3. The van der Waals surface area contributed by atoms with Crippen molar-refractivity contribution in [1.82, 2.24) is 4.90 Å². The van der Waals surface area contributed by atoms with Crippen LogP contribution in [0.25, 0.3) is 0 Å². The Hall–Kier alpha value is -2.08. The van der Waals surface area contributed by atoms with Gasteiger partial charge in [-0.15, -0.1) is 0 Å². The van der Waals surface area contributed by atoms with Crippen LogP contribution in [0.4, 0.5) is 10.5 Å². The SMILES string of the molecule is CCC1COCCN1C(=O)Nc1cccc(C(=O)O)c1. The van der Waals surface area contributed by atoms with Gasteiger partial charge in [-0.1, -0.05) is 13.0 Å². The highest BCUT2D eigenvalue weighted by Gasteiger charge is 2.25. The fourth-order valence-corrected chi connectivity index (χ4v) is 2.19. The van der Waals surface area contributed by atoms with Crippen LogP contribution in [0.5, 0.6) is 0 Å². The molecular formula is C14H18N2O4. The normalized spacial score (nSPS) is 18.6. The fraction of sp³-hybridized carbons (Fsp3) is 0.429. The van der Waals surface area contributed by atoms with Crippen LogP contribution in [0.1, 0.15) is 23.7 Å². The van der Waals surface area contributed by atoms with Crippen LogP contribution in [0.15, 0.2) is 24.3 Å². The Morgan fingerprint density at radius 1 is 1.50 bits per heavy atom. The van der Waals surface area contributed by atoms with Crippen LogP contribution in [0.2, 0.25) is 0 Å². The van der Waals surface area contributed by atoms with E-state index in [-0.39, 0.29) is 17.6 Å². The van der Waals surface area contributed by atoms with Gasteiger partial charge in [-0.05, 0) is 24.6 Å². The Balaban J connectivity index is 2.06. The molecule has 1 saturated heterocycles. The highest BCUT2D eigenvalue weighted by Crippen LogP contribution is 2.15. The summed E-state index contributed by atoms with van der Waals surface area (Å²) in [6.45, 7) is 3.62. The summed E-state index contributed by atoms with van der Waals surface area (Å²) in [6, 6.07) is 6.05. The number of nitrogens with one attached hydrogen (secondary N) is 1. The minimum atomic E-state index is -1.01. The number of amides is 2. The van der Waals surface area contributed by atoms with Gasteiger partial charge in [-0.25, -0.2) is 9.59 Å². The van der Waals surface area contributed by atoms with Crippen LogP contribution < -0.4 is 5.32 Å². The number of carboxylic acid groups (broad SMARTS) is 1. The standard InChI is InChI=1S/C14H18N2O4/c1-2-12-9-20-7-6-16(12)14(19)15-11-5-3-4-10(8-11)13(17)18/h3-5,8,12H,2,6-7,9H2,1H3,(H,15,19)(H,17,18). The molecule has 2 N–H and O–H groups in total. The summed E-state index contributed by atoms with van der Waals surface area (Å²) in [7, 11) is 0. The molecule has 1 fully saturated rings. The van der Waals surface area contributed by atoms with E-state index in [9.17, 15) is 9.59 Å². The molecule has 6 nitrogen and oxygen atoms in total. The number of hydrogen-bond acceptors (Lipinski definition) is 3. The molecule has 1 aromatic rings. The molecule has 0 aliphatic carbocycles. The molecule has 108 valence electrons. The number of carboxylic acids is 1.